The molecule has 1 saturated carbocycles. The standard InChI is InChI=1S/C21H20FN3O4/c1-29-14-7-12(9-23-10-14)19(11-5-13(26)6-11)25-21(28)17-8-18(27)15-3-2-4-16(22)20(15)24-17/h2-4,7-11,13,19,26H,5-6H2,1H3,(H,24,27)(H,25,28)/t11?,13?,19-/m0/s1. The maximum absolute atomic E-state index is 14.1. The van der Waals surface area contributed by atoms with E-state index in [4.69, 9.17) is 4.74 Å². The maximum atomic E-state index is 14.1. The number of aliphatic hydroxyl groups excluding tert-OH is 1. The first kappa shape index (κ1) is 19.1. The highest BCUT2D eigenvalue weighted by molar-refractivity contribution is 5.95. The zero-order valence-corrected chi connectivity index (χ0v) is 15.7. The predicted molar refractivity (Wildman–Crippen MR) is 104 cm³/mol. The Hall–Kier alpha value is -3.26. The molecule has 1 atom stereocenters. The molecule has 1 fully saturated rings. The van der Waals surface area contributed by atoms with Gasteiger partial charge in [-0.1, -0.05) is 6.07 Å². The van der Waals surface area contributed by atoms with Crippen LogP contribution < -0.4 is 15.5 Å². The number of benzene rings is 1. The number of carbonyl (C=O) groups is 1. The number of fused-ring (bicyclic) bond motifs is 1. The minimum atomic E-state index is -0.607. The van der Waals surface area contributed by atoms with Gasteiger partial charge in [-0.3, -0.25) is 14.6 Å². The summed E-state index contributed by atoms with van der Waals surface area (Å²) < 4.78 is 19.3. The minimum absolute atomic E-state index is 0.00627. The number of H-pyrrole nitrogens is 1. The van der Waals surface area contributed by atoms with Crippen LogP contribution in [0.2, 0.25) is 0 Å². The number of halogens is 1. The Kier molecular flexibility index (Phi) is 5.02. The number of ether oxygens (including phenoxy) is 1. The van der Waals surface area contributed by atoms with Gasteiger partial charge in [-0.25, -0.2) is 4.39 Å². The number of aliphatic hydroxyl groups is 1. The average molecular weight is 397 g/mol. The number of para-hydroxylation sites is 1. The monoisotopic (exact) mass is 397 g/mol. The van der Waals surface area contributed by atoms with Crippen molar-refractivity contribution in [3.05, 3.63) is 70.0 Å². The minimum Gasteiger partial charge on any atom is -0.495 e. The van der Waals surface area contributed by atoms with Crippen molar-refractivity contribution in [2.75, 3.05) is 7.11 Å². The zero-order valence-electron chi connectivity index (χ0n) is 15.7. The van der Waals surface area contributed by atoms with Crippen LogP contribution in [0.1, 0.15) is 34.9 Å². The normalized spacial score (nSPS) is 19.4. The van der Waals surface area contributed by atoms with E-state index in [0.717, 1.165) is 11.6 Å². The molecule has 2 aromatic heterocycles. The molecule has 1 aliphatic carbocycles. The van der Waals surface area contributed by atoms with E-state index in [1.54, 1.807) is 18.5 Å². The molecule has 1 aliphatic rings. The Morgan fingerprint density at radius 2 is 2.14 bits per heavy atom. The first-order chi connectivity index (χ1) is 14.0. The molecule has 1 amide bonds. The van der Waals surface area contributed by atoms with Gasteiger partial charge in [0, 0.05) is 17.6 Å². The number of rotatable bonds is 5. The van der Waals surface area contributed by atoms with Crippen molar-refractivity contribution in [1.29, 1.82) is 0 Å². The van der Waals surface area contributed by atoms with E-state index in [2.05, 4.69) is 15.3 Å². The van der Waals surface area contributed by atoms with E-state index in [9.17, 15) is 19.1 Å². The molecule has 4 rings (SSSR count). The van der Waals surface area contributed by atoms with Gasteiger partial charge in [-0.05, 0) is 42.5 Å². The molecule has 1 aromatic carbocycles. The third kappa shape index (κ3) is 3.71. The van der Waals surface area contributed by atoms with Crippen LogP contribution in [0.4, 0.5) is 4.39 Å². The molecular weight excluding hydrogens is 377 g/mol. The lowest BCUT2D eigenvalue weighted by Gasteiger charge is -2.38. The number of nitrogens with zero attached hydrogens (tertiary/aromatic N) is 1. The topological polar surface area (TPSA) is 104 Å². The number of carbonyl (C=O) groups excluding carboxylic acids is 1. The highest BCUT2D eigenvalue weighted by atomic mass is 19.1. The van der Waals surface area contributed by atoms with Crippen LogP contribution >= 0.6 is 0 Å². The van der Waals surface area contributed by atoms with Crippen molar-refractivity contribution in [2.45, 2.75) is 25.0 Å². The van der Waals surface area contributed by atoms with E-state index in [1.807, 2.05) is 0 Å². The van der Waals surface area contributed by atoms with Crippen LogP contribution in [0.5, 0.6) is 5.75 Å². The second-order valence-corrected chi connectivity index (χ2v) is 7.20. The van der Waals surface area contributed by atoms with Gasteiger partial charge < -0.3 is 20.1 Å². The lowest BCUT2D eigenvalue weighted by molar-refractivity contribution is 0.0234. The van der Waals surface area contributed by atoms with Crippen LogP contribution in [0.15, 0.2) is 47.5 Å². The molecule has 0 unspecified atom stereocenters. The molecule has 2 heterocycles. The third-order valence-electron chi connectivity index (χ3n) is 5.30. The number of aromatic amines is 1. The molecule has 7 nitrogen and oxygen atoms in total. The predicted octanol–water partition coefficient (Wildman–Crippen LogP) is 2.31. The summed E-state index contributed by atoms with van der Waals surface area (Å²) in [6.07, 6.45) is 3.84. The van der Waals surface area contributed by atoms with Crippen molar-refractivity contribution >= 4 is 16.8 Å². The number of aromatic nitrogens is 2. The van der Waals surface area contributed by atoms with Gasteiger partial charge in [0.1, 0.15) is 17.3 Å². The maximum Gasteiger partial charge on any atom is 0.268 e. The number of pyridine rings is 2. The second kappa shape index (κ2) is 7.63. The highest BCUT2D eigenvalue weighted by Gasteiger charge is 2.36. The van der Waals surface area contributed by atoms with Gasteiger partial charge >= 0.3 is 0 Å². The van der Waals surface area contributed by atoms with Crippen LogP contribution in [-0.4, -0.2) is 34.2 Å². The summed E-state index contributed by atoms with van der Waals surface area (Å²) in [6, 6.07) is 6.66. The Morgan fingerprint density at radius 3 is 2.86 bits per heavy atom. The Balaban J connectivity index is 1.67. The molecule has 0 radical (unpaired) electrons. The van der Waals surface area contributed by atoms with Crippen LogP contribution in [0.25, 0.3) is 10.9 Å². The van der Waals surface area contributed by atoms with E-state index >= 15 is 0 Å². The number of methoxy groups -OCH3 is 1. The fourth-order valence-corrected chi connectivity index (χ4v) is 3.67. The van der Waals surface area contributed by atoms with Crippen molar-refractivity contribution in [1.82, 2.24) is 15.3 Å². The van der Waals surface area contributed by atoms with Gasteiger partial charge in [-0.2, -0.15) is 0 Å². The summed E-state index contributed by atoms with van der Waals surface area (Å²) >= 11 is 0. The smallest absolute Gasteiger partial charge is 0.268 e. The Labute approximate surface area is 165 Å². The fourth-order valence-electron chi connectivity index (χ4n) is 3.67. The van der Waals surface area contributed by atoms with Gasteiger partial charge in [0.15, 0.2) is 5.43 Å². The van der Waals surface area contributed by atoms with Gasteiger partial charge in [-0.15, -0.1) is 0 Å². The molecule has 3 aromatic rings. The molecule has 0 bridgehead atoms. The highest BCUT2D eigenvalue weighted by Crippen LogP contribution is 2.38. The van der Waals surface area contributed by atoms with Gasteiger partial charge in [0.25, 0.3) is 5.91 Å². The Morgan fingerprint density at radius 1 is 1.34 bits per heavy atom. The molecule has 0 saturated heterocycles. The molecule has 8 heteroatoms. The van der Waals surface area contributed by atoms with E-state index in [0.29, 0.717) is 18.6 Å². The molecular formula is C21H20FN3O4. The molecule has 3 N–H and O–H groups in total. The van der Waals surface area contributed by atoms with Gasteiger partial charge in [0.05, 0.1) is 31.0 Å². The van der Waals surface area contributed by atoms with Gasteiger partial charge in [0.2, 0.25) is 0 Å². The van der Waals surface area contributed by atoms with E-state index in [-0.39, 0.29) is 22.5 Å². The lowest BCUT2D eigenvalue weighted by atomic mass is 9.75. The van der Waals surface area contributed by atoms with Crippen LogP contribution in [0, 0.1) is 11.7 Å². The molecule has 0 aliphatic heterocycles. The van der Waals surface area contributed by atoms with Crippen LogP contribution in [0.3, 0.4) is 0 Å². The number of hydrogen-bond donors (Lipinski definition) is 3. The third-order valence-corrected chi connectivity index (χ3v) is 5.30. The second-order valence-electron chi connectivity index (χ2n) is 7.20. The zero-order chi connectivity index (χ0) is 20.5. The van der Waals surface area contributed by atoms with Crippen molar-refractivity contribution in [3.8, 4) is 5.75 Å². The number of hydrogen-bond acceptors (Lipinski definition) is 5. The summed E-state index contributed by atoms with van der Waals surface area (Å²) in [4.78, 5) is 32.1. The fraction of sp³-hybridized carbons (Fsp3) is 0.286. The van der Waals surface area contributed by atoms with E-state index < -0.39 is 29.3 Å². The summed E-state index contributed by atoms with van der Waals surface area (Å²) in [5.41, 5.74) is 0.239. The summed E-state index contributed by atoms with van der Waals surface area (Å²) in [5, 5.41) is 12.8. The molecule has 0 spiro atoms. The molecule has 150 valence electrons. The van der Waals surface area contributed by atoms with E-state index in [1.165, 1.54) is 25.3 Å². The van der Waals surface area contributed by atoms with Crippen LogP contribution in [-0.2, 0) is 0 Å². The summed E-state index contributed by atoms with van der Waals surface area (Å²) in [6.45, 7) is 0. The SMILES string of the molecule is COc1cncc([C@@H](NC(=O)c2cc(=O)c3cccc(F)c3[nH]2)C2CC(O)C2)c1. The number of amides is 1. The van der Waals surface area contributed by atoms with Crippen molar-refractivity contribution < 1.29 is 19.0 Å². The Bertz CT molecular complexity index is 1120. The summed E-state index contributed by atoms with van der Waals surface area (Å²) in [5.74, 6) is -0.596. The number of nitrogens with one attached hydrogen (secondary N) is 2. The van der Waals surface area contributed by atoms with Crippen molar-refractivity contribution in [2.24, 2.45) is 5.92 Å². The summed E-state index contributed by atoms with van der Waals surface area (Å²) in [7, 11) is 1.52. The average Bonchev–Trinajstić information content (AvgIpc) is 2.70. The quantitative estimate of drug-likeness (QED) is 0.613. The largest absolute Gasteiger partial charge is 0.495 e. The molecule has 29 heavy (non-hydrogen) atoms. The lowest BCUT2D eigenvalue weighted by Crippen LogP contribution is -2.41. The first-order valence-corrected chi connectivity index (χ1v) is 9.25. The first-order valence-electron chi connectivity index (χ1n) is 9.25. The van der Waals surface area contributed by atoms with Crippen molar-refractivity contribution in [3.63, 3.8) is 0 Å².